The summed E-state index contributed by atoms with van der Waals surface area (Å²) in [4.78, 5) is 46.0. The fourth-order valence-electron chi connectivity index (χ4n) is 3.31. The van der Waals surface area contributed by atoms with Crippen LogP contribution in [0.4, 0.5) is 0 Å². The van der Waals surface area contributed by atoms with Crippen LogP contribution in [0.15, 0.2) is 35.1 Å². The van der Waals surface area contributed by atoms with E-state index in [1.165, 1.54) is 38.5 Å². The van der Waals surface area contributed by atoms with E-state index in [0.717, 1.165) is 39.8 Å². The standard InChI is InChI=1S/C27H28O14S2/c1-16(28)38-24-13-20(11-22(36-5)26(24)40-18(3)30)7-9-42(32,33)15-43(34,35)10-8-21-12-23(37-6)27(41-19(4)31)25(14-21)39-17(2)29/h7-14H,15H2,1-6H3/b9-7+,10-8+. The Balaban J connectivity index is 2.39. The van der Waals surface area contributed by atoms with Crippen LogP contribution in [0.1, 0.15) is 38.8 Å². The monoisotopic (exact) mass is 640 g/mol. The first kappa shape index (κ1) is 34.5. The van der Waals surface area contributed by atoms with Crippen LogP contribution in [-0.2, 0) is 38.9 Å². The first-order valence-electron chi connectivity index (χ1n) is 11.9. The van der Waals surface area contributed by atoms with Crippen molar-refractivity contribution in [2.75, 3.05) is 19.3 Å². The molecule has 2 rings (SSSR count). The molecule has 43 heavy (non-hydrogen) atoms. The number of hydrogen-bond acceptors (Lipinski definition) is 14. The van der Waals surface area contributed by atoms with Gasteiger partial charge in [-0.1, -0.05) is 0 Å². The zero-order valence-electron chi connectivity index (χ0n) is 23.9. The number of carbonyl (C=O) groups excluding carboxylic acids is 4. The fourth-order valence-corrected chi connectivity index (χ4v) is 6.50. The fraction of sp³-hybridized carbons (Fsp3) is 0.259. The van der Waals surface area contributed by atoms with E-state index >= 15 is 0 Å². The summed E-state index contributed by atoms with van der Waals surface area (Å²) in [6.07, 6.45) is 2.07. The van der Waals surface area contributed by atoms with Crippen molar-refractivity contribution in [1.29, 1.82) is 0 Å². The third-order valence-electron chi connectivity index (χ3n) is 4.79. The van der Waals surface area contributed by atoms with Gasteiger partial charge in [-0.3, -0.25) is 19.2 Å². The molecular weight excluding hydrogens is 612 g/mol. The lowest BCUT2D eigenvalue weighted by Gasteiger charge is -2.13. The van der Waals surface area contributed by atoms with Crippen molar-refractivity contribution >= 4 is 55.7 Å². The molecule has 0 amide bonds. The Bertz CT molecular complexity index is 1580. The highest BCUT2D eigenvalue weighted by Gasteiger charge is 2.21. The molecule has 0 aliphatic rings. The van der Waals surface area contributed by atoms with Crippen LogP contribution < -0.4 is 28.4 Å². The minimum atomic E-state index is -4.39. The molecule has 0 bridgehead atoms. The molecule has 0 saturated carbocycles. The summed E-state index contributed by atoms with van der Waals surface area (Å²) in [5.74, 6) is -4.04. The maximum Gasteiger partial charge on any atom is 0.308 e. The van der Waals surface area contributed by atoms with E-state index in [1.54, 1.807) is 0 Å². The number of benzene rings is 2. The van der Waals surface area contributed by atoms with E-state index in [1.807, 2.05) is 0 Å². The minimum Gasteiger partial charge on any atom is -0.493 e. The molecule has 16 heteroatoms. The summed E-state index contributed by atoms with van der Waals surface area (Å²) < 4.78 is 81.1. The van der Waals surface area contributed by atoms with Gasteiger partial charge in [-0.2, -0.15) is 0 Å². The molecular formula is C27H28O14S2. The molecule has 0 aliphatic heterocycles. The van der Waals surface area contributed by atoms with E-state index < -0.39 is 48.6 Å². The molecule has 0 aliphatic carbocycles. The molecule has 0 N–H and O–H groups in total. The SMILES string of the molecule is COc1cc(/C=C/S(=O)(=O)CS(=O)(=O)/C=C/c2cc(OC)c(OC(C)=O)c(OC(C)=O)c2)cc(OC(C)=O)c1OC(C)=O. The van der Waals surface area contributed by atoms with Gasteiger partial charge in [-0.15, -0.1) is 0 Å². The van der Waals surface area contributed by atoms with E-state index in [0.29, 0.717) is 10.8 Å². The Morgan fingerprint density at radius 2 is 0.860 bits per heavy atom. The lowest BCUT2D eigenvalue weighted by Crippen LogP contribution is -2.12. The second-order valence-electron chi connectivity index (χ2n) is 8.52. The third kappa shape index (κ3) is 10.9. The third-order valence-corrected chi connectivity index (χ3v) is 8.52. The van der Waals surface area contributed by atoms with Crippen LogP contribution in [0.3, 0.4) is 0 Å². The molecule has 14 nitrogen and oxygen atoms in total. The molecule has 0 aromatic heterocycles. The molecule has 0 unspecified atom stereocenters. The maximum absolute atomic E-state index is 12.7. The summed E-state index contributed by atoms with van der Waals surface area (Å²) in [6.45, 7) is 4.41. The van der Waals surface area contributed by atoms with Gasteiger partial charge in [-0.25, -0.2) is 16.8 Å². The van der Waals surface area contributed by atoms with E-state index in [9.17, 15) is 36.0 Å². The predicted molar refractivity (Wildman–Crippen MR) is 152 cm³/mol. The summed E-state index contributed by atoms with van der Waals surface area (Å²) >= 11 is 0. The van der Waals surface area contributed by atoms with Crippen molar-refractivity contribution < 1.29 is 64.4 Å². The van der Waals surface area contributed by atoms with Gasteiger partial charge in [0.15, 0.2) is 47.8 Å². The number of esters is 4. The normalized spacial score (nSPS) is 11.7. The average molecular weight is 641 g/mol. The van der Waals surface area contributed by atoms with E-state index in [4.69, 9.17) is 28.4 Å². The summed E-state index contributed by atoms with van der Waals surface area (Å²) in [7, 11) is -6.31. The van der Waals surface area contributed by atoms with E-state index in [2.05, 4.69) is 0 Å². The van der Waals surface area contributed by atoms with Crippen molar-refractivity contribution in [2.45, 2.75) is 27.7 Å². The molecule has 0 heterocycles. The number of rotatable bonds is 12. The van der Waals surface area contributed by atoms with Crippen molar-refractivity contribution in [1.82, 2.24) is 0 Å². The first-order chi connectivity index (χ1) is 19.9. The maximum atomic E-state index is 12.7. The Hall–Kier alpha value is -4.70. The molecule has 0 fully saturated rings. The van der Waals surface area contributed by atoms with E-state index in [-0.39, 0.29) is 45.6 Å². The minimum absolute atomic E-state index is 0.0650. The second-order valence-corrected chi connectivity index (χ2v) is 12.7. The predicted octanol–water partition coefficient (Wildman–Crippen LogP) is 2.83. The molecule has 232 valence electrons. The molecule has 0 radical (unpaired) electrons. The van der Waals surface area contributed by atoms with Crippen LogP contribution in [0.5, 0.6) is 34.5 Å². The number of ether oxygens (including phenoxy) is 6. The van der Waals surface area contributed by atoms with Gasteiger partial charge >= 0.3 is 23.9 Å². The molecule has 0 atom stereocenters. The molecule has 0 spiro atoms. The highest BCUT2D eigenvalue weighted by molar-refractivity contribution is 8.10. The van der Waals surface area contributed by atoms with Crippen LogP contribution in [0.2, 0.25) is 0 Å². The number of sulfone groups is 2. The Kier molecular flexibility index (Phi) is 11.6. The summed E-state index contributed by atoms with van der Waals surface area (Å²) in [5, 5.41) is -0.0657. The Labute approximate surface area is 247 Å². The smallest absolute Gasteiger partial charge is 0.308 e. The summed E-state index contributed by atoms with van der Waals surface area (Å²) in [6, 6.07) is 4.94. The number of methoxy groups -OCH3 is 2. The average Bonchev–Trinajstić information content (AvgIpc) is 2.87. The summed E-state index contributed by atoms with van der Waals surface area (Å²) in [5.41, 5.74) is 0.219. The lowest BCUT2D eigenvalue weighted by molar-refractivity contribution is -0.134. The quantitative estimate of drug-likeness (QED) is 0.243. The van der Waals surface area contributed by atoms with Gasteiger partial charge in [0, 0.05) is 38.5 Å². The van der Waals surface area contributed by atoms with Gasteiger partial charge in [0.2, 0.25) is 11.5 Å². The lowest BCUT2D eigenvalue weighted by atomic mass is 10.2. The molecule has 2 aromatic rings. The van der Waals surface area contributed by atoms with Gasteiger partial charge in [-0.05, 0) is 47.5 Å². The Morgan fingerprint density at radius 3 is 1.14 bits per heavy atom. The van der Waals surface area contributed by atoms with Gasteiger partial charge in [0.25, 0.3) is 0 Å². The zero-order valence-corrected chi connectivity index (χ0v) is 25.5. The van der Waals surface area contributed by atoms with Gasteiger partial charge < -0.3 is 28.4 Å². The number of hydrogen-bond donors (Lipinski definition) is 0. The van der Waals surface area contributed by atoms with Gasteiger partial charge in [0.05, 0.1) is 14.2 Å². The largest absolute Gasteiger partial charge is 0.493 e. The number of carbonyl (C=O) groups is 4. The highest BCUT2D eigenvalue weighted by atomic mass is 32.3. The van der Waals surface area contributed by atoms with Crippen molar-refractivity contribution in [3.63, 3.8) is 0 Å². The van der Waals surface area contributed by atoms with Crippen molar-refractivity contribution in [3.8, 4) is 34.5 Å². The topological polar surface area (TPSA) is 192 Å². The van der Waals surface area contributed by atoms with Crippen molar-refractivity contribution in [2.24, 2.45) is 0 Å². The van der Waals surface area contributed by atoms with Crippen LogP contribution in [-0.4, -0.2) is 60.0 Å². The zero-order chi connectivity index (χ0) is 32.5. The molecule has 2 aromatic carbocycles. The van der Waals surface area contributed by atoms with Crippen LogP contribution in [0.25, 0.3) is 12.2 Å². The highest BCUT2D eigenvalue weighted by Crippen LogP contribution is 2.40. The first-order valence-corrected chi connectivity index (χ1v) is 15.4. The second kappa shape index (κ2) is 14.5. The van der Waals surface area contributed by atoms with Gasteiger partial charge in [0.1, 0.15) is 0 Å². The van der Waals surface area contributed by atoms with Crippen molar-refractivity contribution in [3.05, 3.63) is 46.2 Å². The van der Waals surface area contributed by atoms with Crippen LogP contribution in [0, 0.1) is 0 Å². The van der Waals surface area contributed by atoms with Crippen LogP contribution >= 0.6 is 0 Å². The molecule has 0 saturated heterocycles. The Morgan fingerprint density at radius 1 is 0.558 bits per heavy atom.